The minimum atomic E-state index is 0.755. The van der Waals surface area contributed by atoms with Crippen molar-refractivity contribution in [3.8, 4) is 16.9 Å². The fraction of sp³-hybridized carbons (Fsp3) is 0.125. The third kappa shape index (κ3) is 1.58. The molecule has 4 rings (SSSR count). The van der Waals surface area contributed by atoms with Gasteiger partial charge in [-0.25, -0.2) is 0 Å². The lowest BCUT2D eigenvalue weighted by Gasteiger charge is -2.10. The Hall–Kier alpha value is -2.42. The van der Waals surface area contributed by atoms with E-state index in [2.05, 4.69) is 40.5 Å². The van der Waals surface area contributed by atoms with Crippen LogP contribution >= 0.6 is 0 Å². The lowest BCUT2D eigenvalue weighted by Crippen LogP contribution is -1.90. The van der Waals surface area contributed by atoms with E-state index in [0.29, 0.717) is 0 Å². The number of ether oxygens (including phenoxy) is 1. The average Bonchev–Trinajstić information content (AvgIpc) is 2.96. The second-order valence-electron chi connectivity index (χ2n) is 4.69. The van der Waals surface area contributed by atoms with Crippen LogP contribution in [0.3, 0.4) is 0 Å². The molecule has 0 bridgehead atoms. The summed E-state index contributed by atoms with van der Waals surface area (Å²) in [6.45, 7) is 0.755. The summed E-state index contributed by atoms with van der Waals surface area (Å²) in [5.74, 6) is 0.976. The van der Waals surface area contributed by atoms with Crippen LogP contribution in [-0.2, 0) is 6.42 Å². The molecule has 0 N–H and O–H groups in total. The zero-order valence-corrected chi connectivity index (χ0v) is 10.3. The van der Waals surface area contributed by atoms with Crippen LogP contribution in [0, 0.1) is 0 Å². The lowest BCUT2D eigenvalue weighted by atomic mass is 9.96. The lowest BCUT2D eigenvalue weighted by molar-refractivity contribution is 0.360. The normalized spacial score (nSPS) is 13.3. The maximum absolute atomic E-state index is 5.73. The van der Waals surface area contributed by atoms with Gasteiger partial charge in [0.2, 0.25) is 0 Å². The van der Waals surface area contributed by atoms with E-state index in [0.717, 1.165) is 29.5 Å². The Balaban J connectivity index is 2.09. The third-order valence-electron chi connectivity index (χ3n) is 3.58. The highest BCUT2D eigenvalue weighted by atomic mass is 16.5. The van der Waals surface area contributed by atoms with Crippen LogP contribution < -0.4 is 4.74 Å². The molecule has 0 radical (unpaired) electrons. The Morgan fingerprint density at radius 1 is 0.947 bits per heavy atom. The highest BCUT2D eigenvalue weighted by Crippen LogP contribution is 2.39. The minimum absolute atomic E-state index is 0.755. The summed E-state index contributed by atoms with van der Waals surface area (Å²) in [5.41, 5.74) is 3.67. The van der Waals surface area contributed by atoms with E-state index < -0.39 is 0 Å². The van der Waals surface area contributed by atoms with Gasteiger partial charge >= 0.3 is 0 Å². The van der Waals surface area contributed by atoms with Gasteiger partial charge in [0, 0.05) is 17.2 Å². The van der Waals surface area contributed by atoms with E-state index in [9.17, 15) is 0 Å². The van der Waals surface area contributed by atoms with Crippen LogP contribution in [0.1, 0.15) is 5.56 Å². The van der Waals surface area contributed by atoms with Gasteiger partial charge in [0.1, 0.15) is 5.75 Å². The molecule has 0 saturated heterocycles. The molecule has 0 unspecified atom stereocenters. The largest absolute Gasteiger partial charge is 0.492 e. The molecule has 0 spiro atoms. The number of aromatic nitrogens is 2. The van der Waals surface area contributed by atoms with Crippen molar-refractivity contribution in [3.63, 3.8) is 0 Å². The standard InChI is InChI=1S/C16H12N2O/c1-2-4-11(5-3-1)13-8-12-6-7-19-16(12)15-10-18-17-9-14(13)15/h1-5,8-10H,6-7H2. The minimum Gasteiger partial charge on any atom is -0.492 e. The molecule has 1 aliphatic rings. The second-order valence-corrected chi connectivity index (χ2v) is 4.69. The molecule has 2 aromatic carbocycles. The third-order valence-corrected chi connectivity index (χ3v) is 3.58. The van der Waals surface area contributed by atoms with Gasteiger partial charge in [-0.3, -0.25) is 0 Å². The fourth-order valence-electron chi connectivity index (χ4n) is 2.68. The van der Waals surface area contributed by atoms with E-state index >= 15 is 0 Å². The summed E-state index contributed by atoms with van der Waals surface area (Å²) in [5, 5.41) is 10.2. The summed E-state index contributed by atoms with van der Waals surface area (Å²) in [7, 11) is 0. The molecule has 1 aliphatic heterocycles. The molecule has 3 nitrogen and oxygen atoms in total. The van der Waals surface area contributed by atoms with Crippen molar-refractivity contribution in [1.29, 1.82) is 0 Å². The summed E-state index contributed by atoms with van der Waals surface area (Å²) in [6, 6.07) is 12.6. The molecule has 0 fully saturated rings. The van der Waals surface area contributed by atoms with Crippen LogP contribution in [-0.4, -0.2) is 16.8 Å². The Morgan fingerprint density at radius 3 is 2.58 bits per heavy atom. The number of hydrogen-bond donors (Lipinski definition) is 0. The first-order valence-electron chi connectivity index (χ1n) is 6.38. The molecule has 0 aliphatic carbocycles. The Morgan fingerprint density at radius 2 is 1.74 bits per heavy atom. The molecule has 3 aromatic rings. The number of benzene rings is 2. The SMILES string of the molecule is c1ccc(-c2cc3c(c4cnncc24)OCC3)cc1. The number of nitrogens with zero attached hydrogens (tertiary/aromatic N) is 2. The molecular weight excluding hydrogens is 236 g/mol. The van der Waals surface area contributed by atoms with E-state index in [1.54, 1.807) is 6.20 Å². The van der Waals surface area contributed by atoms with Crippen molar-refractivity contribution in [3.05, 3.63) is 54.4 Å². The van der Waals surface area contributed by atoms with Gasteiger partial charge in [0.25, 0.3) is 0 Å². The van der Waals surface area contributed by atoms with Gasteiger partial charge in [-0.2, -0.15) is 10.2 Å². The van der Waals surface area contributed by atoms with E-state index in [1.165, 1.54) is 16.7 Å². The van der Waals surface area contributed by atoms with Crippen LogP contribution in [0.2, 0.25) is 0 Å². The molecule has 92 valence electrons. The highest BCUT2D eigenvalue weighted by Gasteiger charge is 2.19. The maximum Gasteiger partial charge on any atom is 0.132 e. The Bertz CT molecular complexity index is 753. The molecule has 0 saturated carbocycles. The maximum atomic E-state index is 5.73. The molecule has 1 aromatic heterocycles. The van der Waals surface area contributed by atoms with E-state index in [-0.39, 0.29) is 0 Å². The van der Waals surface area contributed by atoms with Crippen LogP contribution in [0.5, 0.6) is 5.75 Å². The van der Waals surface area contributed by atoms with Gasteiger partial charge in [-0.15, -0.1) is 0 Å². The van der Waals surface area contributed by atoms with Gasteiger partial charge in [0.05, 0.1) is 19.0 Å². The van der Waals surface area contributed by atoms with Crippen LogP contribution in [0.25, 0.3) is 21.9 Å². The molecular formula is C16H12N2O. The van der Waals surface area contributed by atoms with Gasteiger partial charge < -0.3 is 4.74 Å². The zero-order chi connectivity index (χ0) is 12.7. The Kier molecular flexibility index (Phi) is 2.24. The number of fused-ring (bicyclic) bond motifs is 3. The fourth-order valence-corrected chi connectivity index (χ4v) is 2.68. The van der Waals surface area contributed by atoms with Crippen LogP contribution in [0.15, 0.2) is 48.8 Å². The molecule has 3 heteroatoms. The quantitative estimate of drug-likeness (QED) is 0.663. The smallest absolute Gasteiger partial charge is 0.132 e. The summed E-state index contributed by atoms with van der Waals surface area (Å²) >= 11 is 0. The van der Waals surface area contributed by atoms with Crippen molar-refractivity contribution < 1.29 is 4.74 Å². The predicted molar refractivity (Wildman–Crippen MR) is 74.2 cm³/mol. The summed E-state index contributed by atoms with van der Waals surface area (Å²) < 4.78 is 5.73. The molecule has 19 heavy (non-hydrogen) atoms. The first-order valence-corrected chi connectivity index (χ1v) is 6.38. The topological polar surface area (TPSA) is 35.0 Å². The van der Waals surface area contributed by atoms with Gasteiger partial charge in [-0.1, -0.05) is 30.3 Å². The predicted octanol–water partition coefficient (Wildman–Crippen LogP) is 3.23. The first-order chi connectivity index (χ1) is 9.43. The molecule has 0 atom stereocenters. The molecule has 2 heterocycles. The number of rotatable bonds is 1. The van der Waals surface area contributed by atoms with E-state index in [4.69, 9.17) is 4.74 Å². The molecule has 0 amide bonds. The van der Waals surface area contributed by atoms with Crippen molar-refractivity contribution in [2.45, 2.75) is 6.42 Å². The zero-order valence-electron chi connectivity index (χ0n) is 10.3. The van der Waals surface area contributed by atoms with Crippen molar-refractivity contribution in [2.75, 3.05) is 6.61 Å². The van der Waals surface area contributed by atoms with Crippen molar-refractivity contribution in [1.82, 2.24) is 10.2 Å². The van der Waals surface area contributed by atoms with Gasteiger partial charge in [0.15, 0.2) is 0 Å². The highest BCUT2D eigenvalue weighted by molar-refractivity contribution is 6.00. The monoisotopic (exact) mass is 248 g/mol. The van der Waals surface area contributed by atoms with E-state index in [1.807, 2.05) is 12.3 Å². The first kappa shape index (κ1) is 10.5. The summed E-state index contributed by atoms with van der Waals surface area (Å²) in [6.07, 6.45) is 4.58. The van der Waals surface area contributed by atoms with Crippen LogP contribution in [0.4, 0.5) is 0 Å². The van der Waals surface area contributed by atoms with Crippen molar-refractivity contribution in [2.24, 2.45) is 0 Å². The average molecular weight is 248 g/mol. The van der Waals surface area contributed by atoms with Gasteiger partial charge in [-0.05, 0) is 22.8 Å². The number of hydrogen-bond acceptors (Lipinski definition) is 3. The van der Waals surface area contributed by atoms with Crippen molar-refractivity contribution >= 4 is 10.8 Å². The summed E-state index contributed by atoms with van der Waals surface area (Å²) in [4.78, 5) is 0. The Labute approximate surface area is 110 Å². The second kappa shape index (κ2) is 4.05.